The Balaban J connectivity index is 2.48. The number of aliphatic hydroxyl groups is 2. The molecule has 0 aliphatic heterocycles. The predicted octanol–water partition coefficient (Wildman–Crippen LogP) is 3.27. The Kier molecular flexibility index (Phi) is 10.1. The summed E-state index contributed by atoms with van der Waals surface area (Å²) in [5, 5.41) is 20.6. The first kappa shape index (κ1) is 29.3. The number of anilines is 1. The lowest BCUT2D eigenvalue weighted by Crippen LogP contribution is -2.27. The summed E-state index contributed by atoms with van der Waals surface area (Å²) < 4.78 is 43.8. The van der Waals surface area contributed by atoms with Gasteiger partial charge in [-0.15, -0.1) is 0 Å². The number of sulfonamides is 1. The molecule has 0 fully saturated rings. The average Bonchev–Trinajstić information content (AvgIpc) is 2.75. The van der Waals surface area contributed by atoms with E-state index in [4.69, 9.17) is 4.74 Å². The van der Waals surface area contributed by atoms with E-state index < -0.39 is 34.0 Å². The number of halogens is 1. The van der Waals surface area contributed by atoms with Crippen molar-refractivity contribution in [3.63, 3.8) is 0 Å². The lowest BCUT2D eigenvalue weighted by Gasteiger charge is -2.20. The standard InChI is InChI=1S/C25H34FN3O6S/c1-15(2)23-21(12-11-19(30)13-20(31)14-22(32)35-16(3)4)24(17-7-9-18(26)10-8-17)28-25(27-23)29(5)36(6,33)34/h7-12,15-16,19-20,30-31H,13-14H2,1-6H3/b12-11+. The van der Waals surface area contributed by atoms with Crippen LogP contribution in [-0.2, 0) is 19.6 Å². The van der Waals surface area contributed by atoms with Crippen LogP contribution in [0.3, 0.4) is 0 Å². The van der Waals surface area contributed by atoms with E-state index in [-0.39, 0.29) is 30.8 Å². The molecule has 0 bridgehead atoms. The molecule has 198 valence electrons. The van der Waals surface area contributed by atoms with E-state index in [1.807, 2.05) is 13.8 Å². The highest BCUT2D eigenvalue weighted by atomic mass is 32.2. The van der Waals surface area contributed by atoms with Gasteiger partial charge in [-0.05, 0) is 44.0 Å². The Morgan fingerprint density at radius 3 is 2.28 bits per heavy atom. The number of nitrogens with zero attached hydrogens (tertiary/aromatic N) is 3. The molecule has 0 radical (unpaired) electrons. The van der Waals surface area contributed by atoms with Crippen LogP contribution in [0.25, 0.3) is 17.3 Å². The van der Waals surface area contributed by atoms with Crippen LogP contribution >= 0.6 is 0 Å². The SMILES string of the molecule is CC(C)OC(=O)CC(O)CC(O)/C=C/c1c(-c2ccc(F)cc2)nc(N(C)S(C)(=O)=O)nc1C(C)C. The van der Waals surface area contributed by atoms with E-state index in [0.29, 0.717) is 22.5 Å². The molecule has 0 amide bonds. The molecule has 1 aromatic carbocycles. The molecule has 0 saturated carbocycles. The summed E-state index contributed by atoms with van der Waals surface area (Å²) in [5.41, 5.74) is 1.90. The van der Waals surface area contributed by atoms with Crippen LogP contribution in [0, 0.1) is 5.82 Å². The monoisotopic (exact) mass is 523 g/mol. The predicted molar refractivity (Wildman–Crippen MR) is 136 cm³/mol. The van der Waals surface area contributed by atoms with Crippen LogP contribution in [-0.4, -0.2) is 66.2 Å². The zero-order chi connectivity index (χ0) is 27.2. The third-order valence-corrected chi connectivity index (χ3v) is 6.33. The van der Waals surface area contributed by atoms with Gasteiger partial charge in [0, 0.05) is 24.6 Å². The molecule has 36 heavy (non-hydrogen) atoms. The Morgan fingerprint density at radius 1 is 1.14 bits per heavy atom. The summed E-state index contributed by atoms with van der Waals surface area (Å²) in [6.07, 6.45) is 1.18. The van der Waals surface area contributed by atoms with E-state index >= 15 is 0 Å². The Hall–Kier alpha value is -2.89. The largest absolute Gasteiger partial charge is 0.463 e. The fourth-order valence-electron chi connectivity index (χ4n) is 3.35. The lowest BCUT2D eigenvalue weighted by molar-refractivity contribution is -0.149. The molecular weight excluding hydrogens is 489 g/mol. The van der Waals surface area contributed by atoms with Gasteiger partial charge < -0.3 is 14.9 Å². The van der Waals surface area contributed by atoms with Gasteiger partial charge in [0.1, 0.15) is 5.82 Å². The van der Waals surface area contributed by atoms with Crippen LogP contribution in [0.5, 0.6) is 0 Å². The molecule has 0 spiro atoms. The van der Waals surface area contributed by atoms with Crippen LogP contribution in [0.2, 0.25) is 0 Å². The molecule has 2 unspecified atom stereocenters. The second-order valence-electron chi connectivity index (χ2n) is 9.12. The Morgan fingerprint density at radius 2 is 1.75 bits per heavy atom. The van der Waals surface area contributed by atoms with Gasteiger partial charge in [-0.25, -0.2) is 27.1 Å². The van der Waals surface area contributed by atoms with Gasteiger partial charge in [0.25, 0.3) is 0 Å². The lowest BCUT2D eigenvalue weighted by atomic mass is 9.97. The van der Waals surface area contributed by atoms with Crippen molar-refractivity contribution in [2.45, 2.75) is 64.8 Å². The average molecular weight is 524 g/mol. The highest BCUT2D eigenvalue weighted by molar-refractivity contribution is 7.92. The van der Waals surface area contributed by atoms with Crippen molar-refractivity contribution in [1.82, 2.24) is 9.97 Å². The van der Waals surface area contributed by atoms with Crippen LogP contribution in [0.4, 0.5) is 10.3 Å². The first-order valence-electron chi connectivity index (χ1n) is 11.5. The smallest absolute Gasteiger partial charge is 0.308 e. The summed E-state index contributed by atoms with van der Waals surface area (Å²) in [4.78, 5) is 20.7. The zero-order valence-electron chi connectivity index (χ0n) is 21.3. The number of carbonyl (C=O) groups excluding carboxylic acids is 1. The Bertz CT molecular complexity index is 1180. The molecule has 2 N–H and O–H groups in total. The van der Waals surface area contributed by atoms with Gasteiger partial charge in [0.15, 0.2) is 0 Å². The number of hydrogen-bond donors (Lipinski definition) is 2. The van der Waals surface area contributed by atoms with Crippen molar-refractivity contribution in [3.8, 4) is 11.3 Å². The van der Waals surface area contributed by atoms with Crippen LogP contribution in [0.1, 0.15) is 57.7 Å². The summed E-state index contributed by atoms with van der Waals surface area (Å²) in [5.74, 6) is -1.21. The second kappa shape index (κ2) is 12.4. The molecule has 9 nitrogen and oxygen atoms in total. The third-order valence-electron chi connectivity index (χ3n) is 5.18. The summed E-state index contributed by atoms with van der Waals surface area (Å²) in [6.45, 7) is 7.15. The van der Waals surface area contributed by atoms with Crippen molar-refractivity contribution < 1.29 is 32.6 Å². The summed E-state index contributed by atoms with van der Waals surface area (Å²) in [7, 11) is -2.31. The summed E-state index contributed by atoms with van der Waals surface area (Å²) in [6, 6.07) is 5.57. The van der Waals surface area contributed by atoms with Gasteiger partial charge in [0.05, 0.1) is 42.4 Å². The van der Waals surface area contributed by atoms with Crippen molar-refractivity contribution in [1.29, 1.82) is 0 Å². The number of esters is 1. The maximum absolute atomic E-state index is 13.6. The molecular formula is C25H34FN3O6S. The van der Waals surface area contributed by atoms with E-state index in [1.54, 1.807) is 19.9 Å². The van der Waals surface area contributed by atoms with Gasteiger partial charge in [0.2, 0.25) is 16.0 Å². The minimum absolute atomic E-state index is 0.0442. The molecule has 2 rings (SSSR count). The quantitative estimate of drug-likeness (QED) is 0.429. The molecule has 1 aromatic heterocycles. The normalized spacial score (nSPS) is 13.9. The van der Waals surface area contributed by atoms with E-state index in [0.717, 1.165) is 10.6 Å². The molecule has 0 aliphatic rings. The van der Waals surface area contributed by atoms with E-state index in [9.17, 15) is 27.8 Å². The minimum atomic E-state index is -3.65. The molecule has 2 aromatic rings. The zero-order valence-corrected chi connectivity index (χ0v) is 22.2. The number of ether oxygens (including phenoxy) is 1. The maximum Gasteiger partial charge on any atom is 0.308 e. The van der Waals surface area contributed by atoms with E-state index in [2.05, 4.69) is 9.97 Å². The molecule has 1 heterocycles. The Labute approximate surface area is 211 Å². The van der Waals surface area contributed by atoms with Gasteiger partial charge in [-0.1, -0.05) is 26.0 Å². The fourth-order valence-corrected chi connectivity index (χ4v) is 3.73. The van der Waals surface area contributed by atoms with Crippen LogP contribution in [0.15, 0.2) is 30.3 Å². The topological polar surface area (TPSA) is 130 Å². The van der Waals surface area contributed by atoms with Crippen molar-refractivity contribution in [2.75, 3.05) is 17.6 Å². The second-order valence-corrected chi connectivity index (χ2v) is 11.1. The maximum atomic E-state index is 13.6. The van der Waals surface area contributed by atoms with Gasteiger partial charge in [-0.3, -0.25) is 4.79 Å². The minimum Gasteiger partial charge on any atom is -0.463 e. The van der Waals surface area contributed by atoms with Crippen molar-refractivity contribution in [3.05, 3.63) is 47.4 Å². The van der Waals surface area contributed by atoms with Gasteiger partial charge in [-0.2, -0.15) is 0 Å². The first-order valence-corrected chi connectivity index (χ1v) is 13.4. The van der Waals surface area contributed by atoms with Crippen LogP contribution < -0.4 is 4.31 Å². The molecule has 0 aliphatic carbocycles. The molecule has 0 saturated heterocycles. The summed E-state index contributed by atoms with van der Waals surface area (Å²) >= 11 is 0. The first-order chi connectivity index (χ1) is 16.7. The number of aliphatic hydroxyl groups excluding tert-OH is 2. The third kappa shape index (κ3) is 8.35. The van der Waals surface area contributed by atoms with Gasteiger partial charge >= 0.3 is 5.97 Å². The van der Waals surface area contributed by atoms with Crippen molar-refractivity contribution in [2.24, 2.45) is 0 Å². The molecule has 11 heteroatoms. The number of hydrogen-bond acceptors (Lipinski definition) is 8. The van der Waals surface area contributed by atoms with Crippen molar-refractivity contribution >= 4 is 28.0 Å². The number of carbonyl (C=O) groups is 1. The van der Waals surface area contributed by atoms with E-state index in [1.165, 1.54) is 37.4 Å². The number of benzene rings is 1. The highest BCUT2D eigenvalue weighted by Gasteiger charge is 2.23. The molecule has 2 atom stereocenters. The fraction of sp³-hybridized carbons (Fsp3) is 0.480. The number of rotatable bonds is 11. The number of aromatic nitrogens is 2. The highest BCUT2D eigenvalue weighted by Crippen LogP contribution is 2.31.